The maximum absolute atomic E-state index is 12.0. The number of hydrogen-bond acceptors (Lipinski definition) is 5. The molecule has 252 valence electrons. The molecular formula is C46H29B4N3O2. The molecule has 55 heavy (non-hydrogen) atoms. The Balaban J connectivity index is 1.19. The van der Waals surface area contributed by atoms with Crippen molar-refractivity contribution in [1.82, 2.24) is 5.32 Å². The third kappa shape index (κ3) is 5.88. The van der Waals surface area contributed by atoms with Crippen LogP contribution >= 0.6 is 0 Å². The maximum atomic E-state index is 12.0. The summed E-state index contributed by atoms with van der Waals surface area (Å²) in [5.41, 5.74) is 10.3. The average molecular weight is 699 g/mol. The Labute approximate surface area is 325 Å². The van der Waals surface area contributed by atoms with Crippen molar-refractivity contribution in [1.29, 1.82) is 0 Å². The SMILES string of the molecule is [B]c1c(O)c(-c2ccccc2)c([B])c2c1Cc1c([B])c(C3N=C(c4ccc(-c5ccccc5)cc4)NC(c4cccc(-c5ccccc5)c4)=N3)c(O)c([B])c1-2. The molecular weight excluding hydrogens is 670 g/mol. The van der Waals surface area contributed by atoms with Gasteiger partial charge in [-0.05, 0) is 68.0 Å². The van der Waals surface area contributed by atoms with Crippen LogP contribution in [0.15, 0.2) is 150 Å². The van der Waals surface area contributed by atoms with E-state index in [4.69, 9.17) is 41.4 Å². The molecule has 1 aliphatic carbocycles. The van der Waals surface area contributed by atoms with E-state index in [9.17, 15) is 10.2 Å². The predicted octanol–water partition coefficient (Wildman–Crippen LogP) is 5.34. The van der Waals surface area contributed by atoms with Crippen molar-refractivity contribution in [2.75, 3.05) is 0 Å². The number of rotatable bonds is 6. The van der Waals surface area contributed by atoms with E-state index in [1.54, 1.807) is 0 Å². The van der Waals surface area contributed by atoms with E-state index in [2.05, 4.69) is 53.8 Å². The molecule has 3 N–H and O–H groups in total. The summed E-state index contributed by atoms with van der Waals surface area (Å²) in [6, 6.07) is 45.8. The minimum atomic E-state index is -0.972. The summed E-state index contributed by atoms with van der Waals surface area (Å²) < 4.78 is 0. The van der Waals surface area contributed by atoms with Crippen LogP contribution in [-0.4, -0.2) is 53.3 Å². The van der Waals surface area contributed by atoms with Crippen molar-refractivity contribution in [3.63, 3.8) is 0 Å². The Kier molecular flexibility index (Phi) is 8.58. The largest absolute Gasteiger partial charge is 0.508 e. The third-order valence-electron chi connectivity index (χ3n) is 10.5. The monoisotopic (exact) mass is 699 g/mol. The van der Waals surface area contributed by atoms with Gasteiger partial charge in [0.1, 0.15) is 54.6 Å². The summed E-state index contributed by atoms with van der Waals surface area (Å²) in [7, 11) is 27.3. The van der Waals surface area contributed by atoms with E-state index in [0.717, 1.165) is 33.4 Å². The van der Waals surface area contributed by atoms with E-state index < -0.39 is 6.17 Å². The highest BCUT2D eigenvalue weighted by molar-refractivity contribution is 6.49. The highest BCUT2D eigenvalue weighted by Crippen LogP contribution is 2.41. The maximum Gasteiger partial charge on any atom is 0.172 e. The Morgan fingerprint density at radius 2 is 0.909 bits per heavy atom. The van der Waals surface area contributed by atoms with Gasteiger partial charge in [0.05, 0.1) is 0 Å². The lowest BCUT2D eigenvalue weighted by Crippen LogP contribution is -2.37. The van der Waals surface area contributed by atoms with Gasteiger partial charge in [0.2, 0.25) is 0 Å². The first-order chi connectivity index (χ1) is 26.8. The second-order valence-electron chi connectivity index (χ2n) is 13.7. The lowest BCUT2D eigenvalue weighted by Gasteiger charge is -2.26. The van der Waals surface area contributed by atoms with Crippen molar-refractivity contribution in [3.8, 4) is 56.0 Å². The fourth-order valence-corrected chi connectivity index (χ4v) is 7.75. The van der Waals surface area contributed by atoms with Crippen LogP contribution < -0.4 is 27.2 Å². The second kappa shape index (κ2) is 13.7. The van der Waals surface area contributed by atoms with Gasteiger partial charge >= 0.3 is 0 Å². The fraction of sp³-hybridized carbons (Fsp3) is 0.0435. The third-order valence-corrected chi connectivity index (χ3v) is 10.5. The van der Waals surface area contributed by atoms with Gasteiger partial charge < -0.3 is 15.5 Å². The molecule has 1 aliphatic heterocycles. The molecule has 7 aromatic rings. The first-order valence-electron chi connectivity index (χ1n) is 17.9. The van der Waals surface area contributed by atoms with Gasteiger partial charge in [-0.25, -0.2) is 9.98 Å². The molecule has 2 aliphatic rings. The summed E-state index contributed by atoms with van der Waals surface area (Å²) in [6.07, 6.45) is -0.732. The molecule has 0 saturated carbocycles. The smallest absolute Gasteiger partial charge is 0.172 e. The molecule has 9 rings (SSSR count). The quantitative estimate of drug-likeness (QED) is 0.205. The van der Waals surface area contributed by atoms with Crippen LogP contribution in [0.2, 0.25) is 0 Å². The zero-order valence-corrected chi connectivity index (χ0v) is 29.7. The molecule has 0 bridgehead atoms. The van der Waals surface area contributed by atoms with E-state index in [1.807, 2.05) is 91.0 Å². The van der Waals surface area contributed by atoms with Crippen LogP contribution in [-0.2, 0) is 6.42 Å². The zero-order chi connectivity index (χ0) is 37.8. The summed E-state index contributed by atoms with van der Waals surface area (Å²) >= 11 is 0. The van der Waals surface area contributed by atoms with Crippen molar-refractivity contribution >= 4 is 64.9 Å². The summed E-state index contributed by atoms with van der Waals surface area (Å²) in [5.74, 6) is 0.737. The highest BCUT2D eigenvalue weighted by Gasteiger charge is 2.34. The molecule has 8 radical (unpaired) electrons. The molecule has 7 aromatic carbocycles. The van der Waals surface area contributed by atoms with Crippen molar-refractivity contribution in [3.05, 3.63) is 167 Å². The van der Waals surface area contributed by atoms with Crippen molar-refractivity contribution < 1.29 is 10.2 Å². The number of nitrogens with one attached hydrogen (secondary N) is 1. The fourth-order valence-electron chi connectivity index (χ4n) is 7.75. The van der Waals surface area contributed by atoms with Crippen LogP contribution in [0.4, 0.5) is 0 Å². The van der Waals surface area contributed by atoms with Crippen LogP contribution in [0.25, 0.3) is 44.5 Å². The molecule has 9 heteroatoms. The highest BCUT2D eigenvalue weighted by atomic mass is 16.3. The Morgan fingerprint density at radius 1 is 0.436 bits per heavy atom. The number of benzene rings is 7. The predicted molar refractivity (Wildman–Crippen MR) is 228 cm³/mol. The summed E-state index contributed by atoms with van der Waals surface area (Å²) in [4.78, 5) is 10.1. The van der Waals surface area contributed by atoms with Gasteiger partial charge in [-0.2, -0.15) is 0 Å². The standard InChI is InChI=1S/C46H29B4N3O2/c47-38-32-24-33-35(40(49)34(42(54)39(33)48)28-15-8-3-9-16-28)36(32)41(50)43(55)37(38)46-52-44(29-21-19-27(20-22-29)25-11-4-1-5-12-25)51-45(53-46)31-18-10-17-30(23-31)26-13-6-2-7-14-26/h1-23,46,54-55H,24H2,(H,51,52,53). The van der Waals surface area contributed by atoms with Crippen molar-refractivity contribution in [2.45, 2.75) is 12.6 Å². The zero-order valence-electron chi connectivity index (χ0n) is 29.7. The van der Waals surface area contributed by atoms with E-state index in [-0.39, 0.29) is 39.9 Å². The van der Waals surface area contributed by atoms with Crippen LogP contribution in [0.3, 0.4) is 0 Å². The average Bonchev–Trinajstić information content (AvgIpc) is 3.65. The van der Waals surface area contributed by atoms with Gasteiger partial charge in [-0.15, -0.1) is 0 Å². The second-order valence-corrected chi connectivity index (χ2v) is 13.7. The molecule has 0 spiro atoms. The Bertz CT molecular complexity index is 2700. The minimum Gasteiger partial charge on any atom is -0.508 e. The Hall–Kier alpha value is -6.46. The molecule has 0 amide bonds. The van der Waals surface area contributed by atoms with Crippen LogP contribution in [0.1, 0.15) is 34.0 Å². The van der Waals surface area contributed by atoms with Gasteiger partial charge in [0.15, 0.2) is 6.17 Å². The number of aliphatic imine (C=N–C) groups is 2. The lowest BCUT2D eigenvalue weighted by atomic mass is 9.71. The first kappa shape index (κ1) is 34.3. The molecule has 0 aromatic heterocycles. The number of phenolic OH excluding ortho intramolecular Hbond substituents is 2. The first-order valence-corrected chi connectivity index (χ1v) is 17.9. The molecule has 0 fully saturated rings. The number of nitrogens with zero attached hydrogens (tertiary/aromatic N) is 2. The Morgan fingerprint density at radius 3 is 1.55 bits per heavy atom. The number of fused-ring (bicyclic) bond motifs is 3. The molecule has 0 saturated heterocycles. The van der Waals surface area contributed by atoms with E-state index in [1.165, 1.54) is 0 Å². The van der Waals surface area contributed by atoms with Crippen molar-refractivity contribution in [2.24, 2.45) is 9.98 Å². The lowest BCUT2D eigenvalue weighted by molar-refractivity contribution is 0.468. The number of phenols is 2. The molecule has 1 heterocycles. The van der Waals surface area contributed by atoms with E-state index >= 15 is 0 Å². The van der Waals surface area contributed by atoms with Gasteiger partial charge in [0, 0.05) is 22.3 Å². The van der Waals surface area contributed by atoms with Gasteiger partial charge in [0.25, 0.3) is 0 Å². The minimum absolute atomic E-state index is 0.0825. The number of amidine groups is 2. The number of aromatic hydroxyl groups is 2. The molecule has 1 unspecified atom stereocenters. The normalized spacial score (nSPS) is 14.4. The van der Waals surface area contributed by atoms with E-state index in [0.29, 0.717) is 50.5 Å². The topological polar surface area (TPSA) is 77.2 Å². The summed E-state index contributed by atoms with van der Waals surface area (Å²) in [5, 5.41) is 26.8. The molecule has 1 atom stereocenters. The summed E-state index contributed by atoms with van der Waals surface area (Å²) in [6.45, 7) is 0. The molecule has 5 nitrogen and oxygen atoms in total. The van der Waals surface area contributed by atoms with Gasteiger partial charge in [-0.1, -0.05) is 150 Å². The van der Waals surface area contributed by atoms with Crippen LogP contribution in [0.5, 0.6) is 11.5 Å². The van der Waals surface area contributed by atoms with Crippen LogP contribution in [0, 0.1) is 0 Å². The number of hydrogen-bond donors (Lipinski definition) is 3. The van der Waals surface area contributed by atoms with Gasteiger partial charge in [-0.3, -0.25) is 0 Å².